The number of nitrogens with zero attached hydrogens (tertiary/aromatic N) is 2. The topological polar surface area (TPSA) is 83.8 Å². The maximum Gasteiger partial charge on any atom is 0.257 e. The average molecular weight is 234 g/mol. The Kier molecular flexibility index (Phi) is 3.22. The maximum atomic E-state index is 11.9. The van der Waals surface area contributed by atoms with E-state index in [1.165, 1.54) is 0 Å². The van der Waals surface area contributed by atoms with E-state index in [0.29, 0.717) is 35.8 Å². The zero-order valence-corrected chi connectivity index (χ0v) is 9.78. The number of aromatic nitrogens is 3. The second kappa shape index (κ2) is 4.82. The molecule has 2 aromatic heterocycles. The Morgan fingerprint density at radius 1 is 1.59 bits per heavy atom. The molecule has 0 unspecified atom stereocenters. The lowest BCUT2D eigenvalue weighted by molar-refractivity contribution is 0.0947. The highest BCUT2D eigenvalue weighted by Crippen LogP contribution is 2.13. The molecule has 2 rings (SSSR count). The quantitative estimate of drug-likeness (QED) is 0.832. The first kappa shape index (κ1) is 11.4. The summed E-state index contributed by atoms with van der Waals surface area (Å²) in [5.41, 5.74) is 1.21. The molecule has 0 atom stereocenters. The molecule has 0 aromatic carbocycles. The summed E-state index contributed by atoms with van der Waals surface area (Å²) in [5, 5.41) is 6.61. The van der Waals surface area contributed by atoms with Crippen LogP contribution in [0.4, 0.5) is 0 Å². The van der Waals surface area contributed by atoms with E-state index in [9.17, 15) is 4.79 Å². The molecule has 0 aliphatic heterocycles. The molecule has 0 bridgehead atoms. The molecular formula is C11H14N4O2. The molecule has 0 aliphatic rings. The Balaban J connectivity index is 2.06. The van der Waals surface area contributed by atoms with Crippen molar-refractivity contribution in [2.75, 3.05) is 0 Å². The van der Waals surface area contributed by atoms with E-state index in [4.69, 9.17) is 4.52 Å². The number of aromatic amines is 1. The van der Waals surface area contributed by atoms with Crippen LogP contribution in [-0.4, -0.2) is 21.0 Å². The van der Waals surface area contributed by atoms with Gasteiger partial charge in [-0.05, 0) is 13.3 Å². The molecule has 0 fully saturated rings. The van der Waals surface area contributed by atoms with E-state index in [0.717, 1.165) is 0 Å². The zero-order valence-electron chi connectivity index (χ0n) is 9.78. The van der Waals surface area contributed by atoms with Gasteiger partial charge < -0.3 is 14.8 Å². The monoisotopic (exact) mass is 234 g/mol. The van der Waals surface area contributed by atoms with E-state index >= 15 is 0 Å². The van der Waals surface area contributed by atoms with Gasteiger partial charge in [0.05, 0.1) is 12.2 Å². The first-order chi connectivity index (χ1) is 8.22. The van der Waals surface area contributed by atoms with Crippen LogP contribution in [0.25, 0.3) is 0 Å². The van der Waals surface area contributed by atoms with Gasteiger partial charge in [-0.15, -0.1) is 0 Å². The van der Waals surface area contributed by atoms with Crippen LogP contribution >= 0.6 is 0 Å². The van der Waals surface area contributed by atoms with Crippen LogP contribution in [0.15, 0.2) is 16.9 Å². The van der Waals surface area contributed by atoms with Gasteiger partial charge in [0.15, 0.2) is 0 Å². The zero-order chi connectivity index (χ0) is 12.3. The van der Waals surface area contributed by atoms with E-state index in [1.54, 1.807) is 19.3 Å². The molecule has 0 saturated carbocycles. The van der Waals surface area contributed by atoms with Crippen LogP contribution in [0, 0.1) is 6.92 Å². The van der Waals surface area contributed by atoms with Crippen molar-refractivity contribution in [2.24, 2.45) is 0 Å². The van der Waals surface area contributed by atoms with Gasteiger partial charge in [-0.25, -0.2) is 4.98 Å². The first-order valence-electron chi connectivity index (χ1n) is 5.44. The summed E-state index contributed by atoms with van der Waals surface area (Å²) in [7, 11) is 0. The predicted molar refractivity (Wildman–Crippen MR) is 60.4 cm³/mol. The number of aryl methyl sites for hydroxylation is 2. The molecule has 0 aliphatic carbocycles. The van der Waals surface area contributed by atoms with E-state index in [-0.39, 0.29) is 5.91 Å². The lowest BCUT2D eigenvalue weighted by atomic mass is 10.1. The molecule has 0 radical (unpaired) electrons. The second-order valence-corrected chi connectivity index (χ2v) is 3.63. The Morgan fingerprint density at radius 2 is 2.41 bits per heavy atom. The summed E-state index contributed by atoms with van der Waals surface area (Å²) in [4.78, 5) is 18.9. The van der Waals surface area contributed by atoms with Gasteiger partial charge in [-0.3, -0.25) is 4.79 Å². The minimum Gasteiger partial charge on any atom is -0.361 e. The predicted octanol–water partition coefficient (Wildman–Crippen LogP) is 1.20. The molecule has 2 aromatic rings. The van der Waals surface area contributed by atoms with Crippen LogP contribution in [0.3, 0.4) is 0 Å². The minimum absolute atomic E-state index is 0.183. The number of rotatable bonds is 4. The number of carbonyl (C=O) groups is 1. The number of carbonyl (C=O) groups excluding carboxylic acids is 1. The van der Waals surface area contributed by atoms with Crippen molar-refractivity contribution in [1.82, 2.24) is 20.4 Å². The van der Waals surface area contributed by atoms with Crippen LogP contribution < -0.4 is 5.32 Å². The van der Waals surface area contributed by atoms with Gasteiger partial charge in [-0.2, -0.15) is 0 Å². The first-order valence-corrected chi connectivity index (χ1v) is 5.44. The van der Waals surface area contributed by atoms with Gasteiger partial charge >= 0.3 is 0 Å². The smallest absolute Gasteiger partial charge is 0.257 e. The number of H-pyrrole nitrogens is 1. The van der Waals surface area contributed by atoms with E-state index < -0.39 is 0 Å². The molecule has 0 saturated heterocycles. The number of hydrogen-bond donors (Lipinski definition) is 2. The molecule has 0 spiro atoms. The highest BCUT2D eigenvalue weighted by atomic mass is 16.5. The fraction of sp³-hybridized carbons (Fsp3) is 0.364. The highest BCUT2D eigenvalue weighted by molar-refractivity contribution is 5.96. The lowest BCUT2D eigenvalue weighted by Crippen LogP contribution is -2.24. The van der Waals surface area contributed by atoms with Crippen molar-refractivity contribution >= 4 is 5.91 Å². The number of hydrogen-bond acceptors (Lipinski definition) is 4. The molecule has 90 valence electrons. The van der Waals surface area contributed by atoms with Crippen molar-refractivity contribution in [3.63, 3.8) is 0 Å². The van der Waals surface area contributed by atoms with Crippen molar-refractivity contribution < 1.29 is 9.32 Å². The number of imidazole rings is 1. The normalized spacial score (nSPS) is 10.5. The Bertz CT molecular complexity index is 502. The average Bonchev–Trinajstić information content (AvgIpc) is 2.94. The van der Waals surface area contributed by atoms with Crippen molar-refractivity contribution in [3.8, 4) is 0 Å². The summed E-state index contributed by atoms with van der Waals surface area (Å²) >= 11 is 0. The van der Waals surface area contributed by atoms with E-state index in [1.807, 2.05) is 6.92 Å². The summed E-state index contributed by atoms with van der Waals surface area (Å²) < 4.78 is 5.01. The summed E-state index contributed by atoms with van der Waals surface area (Å²) in [5.74, 6) is 1.07. The highest BCUT2D eigenvalue weighted by Gasteiger charge is 2.18. The Hall–Kier alpha value is -2.11. The van der Waals surface area contributed by atoms with Crippen molar-refractivity contribution in [1.29, 1.82) is 0 Å². The lowest BCUT2D eigenvalue weighted by Gasteiger charge is -2.02. The Labute approximate surface area is 98.4 Å². The standard InChI is InChI=1S/C11H14N4O2/c1-3-8-10(7(2)17-15-8)11(16)14-6-9-12-4-5-13-9/h4-5H,3,6H2,1-2H3,(H,12,13)(H,14,16). The summed E-state index contributed by atoms with van der Waals surface area (Å²) in [6.45, 7) is 4.02. The summed E-state index contributed by atoms with van der Waals surface area (Å²) in [6, 6.07) is 0. The van der Waals surface area contributed by atoms with Gasteiger partial charge in [0.2, 0.25) is 0 Å². The van der Waals surface area contributed by atoms with Gasteiger partial charge in [0.1, 0.15) is 17.1 Å². The third kappa shape index (κ3) is 2.35. The maximum absolute atomic E-state index is 11.9. The molecule has 2 heterocycles. The fourth-order valence-corrected chi connectivity index (χ4v) is 1.60. The van der Waals surface area contributed by atoms with Crippen LogP contribution in [0.2, 0.25) is 0 Å². The van der Waals surface area contributed by atoms with Gasteiger partial charge in [0.25, 0.3) is 5.91 Å². The van der Waals surface area contributed by atoms with Crippen molar-refractivity contribution in [2.45, 2.75) is 26.8 Å². The minimum atomic E-state index is -0.183. The molecule has 1 amide bonds. The second-order valence-electron chi connectivity index (χ2n) is 3.63. The van der Waals surface area contributed by atoms with Crippen LogP contribution in [-0.2, 0) is 13.0 Å². The van der Waals surface area contributed by atoms with Gasteiger partial charge in [-0.1, -0.05) is 12.1 Å². The van der Waals surface area contributed by atoms with E-state index in [2.05, 4.69) is 20.4 Å². The van der Waals surface area contributed by atoms with Crippen LogP contribution in [0.5, 0.6) is 0 Å². The largest absolute Gasteiger partial charge is 0.361 e. The third-order valence-corrected chi connectivity index (χ3v) is 2.47. The Morgan fingerprint density at radius 3 is 3.06 bits per heavy atom. The number of nitrogens with one attached hydrogen (secondary N) is 2. The fourth-order valence-electron chi connectivity index (χ4n) is 1.60. The number of amides is 1. The molecular weight excluding hydrogens is 220 g/mol. The van der Waals surface area contributed by atoms with Gasteiger partial charge in [0, 0.05) is 12.4 Å². The summed E-state index contributed by atoms with van der Waals surface area (Å²) in [6.07, 6.45) is 4.02. The SMILES string of the molecule is CCc1noc(C)c1C(=O)NCc1ncc[nH]1. The molecule has 17 heavy (non-hydrogen) atoms. The molecule has 2 N–H and O–H groups in total. The third-order valence-electron chi connectivity index (χ3n) is 2.47. The van der Waals surface area contributed by atoms with Crippen LogP contribution in [0.1, 0.15) is 34.6 Å². The molecule has 6 heteroatoms. The van der Waals surface area contributed by atoms with Crippen molar-refractivity contribution in [3.05, 3.63) is 35.2 Å². The molecule has 6 nitrogen and oxygen atoms in total.